The lowest BCUT2D eigenvalue weighted by Crippen LogP contribution is -2.48. The van der Waals surface area contributed by atoms with Gasteiger partial charge in [0, 0.05) is 17.4 Å². The molecule has 0 aliphatic carbocycles. The molecule has 0 radical (unpaired) electrons. The van der Waals surface area contributed by atoms with Crippen LogP contribution in [0.25, 0.3) is 10.9 Å². The van der Waals surface area contributed by atoms with E-state index in [0.29, 0.717) is 28.3 Å². The molecule has 1 aliphatic heterocycles. The van der Waals surface area contributed by atoms with Gasteiger partial charge in [-0.1, -0.05) is 18.2 Å². The van der Waals surface area contributed by atoms with Crippen LogP contribution in [-0.4, -0.2) is 62.7 Å². The van der Waals surface area contributed by atoms with Crippen molar-refractivity contribution >= 4 is 48.7 Å². The van der Waals surface area contributed by atoms with Crippen LogP contribution < -0.4 is 20.1 Å². The van der Waals surface area contributed by atoms with Crippen molar-refractivity contribution in [2.24, 2.45) is 5.92 Å². The molecule has 2 aromatic carbocycles. The summed E-state index contributed by atoms with van der Waals surface area (Å²) in [4.78, 5) is 27.3. The Morgan fingerprint density at radius 1 is 1.14 bits per heavy atom. The van der Waals surface area contributed by atoms with Gasteiger partial charge in [-0.25, -0.2) is 8.42 Å². The molecule has 0 bridgehead atoms. The number of aliphatic carboxylic acids is 1. The van der Waals surface area contributed by atoms with Gasteiger partial charge < -0.3 is 25.5 Å². The smallest absolute Gasteiger partial charge is 0.323 e. The molecular weight excluding hydrogens is 552 g/mol. The third-order valence-corrected chi connectivity index (χ3v) is 8.30. The first kappa shape index (κ1) is 26.1. The number of aromatic nitrogens is 1. The fraction of sp³-hybridized carbons (Fsp3) is 0.333. The van der Waals surface area contributed by atoms with E-state index in [1.54, 1.807) is 12.1 Å². The monoisotopic (exact) mass is 578 g/mol. The van der Waals surface area contributed by atoms with Crippen LogP contribution in [0.2, 0.25) is 0 Å². The first-order valence-corrected chi connectivity index (χ1v) is 13.8. The van der Waals surface area contributed by atoms with Crippen LogP contribution in [0, 0.1) is 5.92 Å². The maximum Gasteiger partial charge on any atom is 0.323 e. The van der Waals surface area contributed by atoms with E-state index >= 15 is 0 Å². The molecule has 1 saturated heterocycles. The Bertz CT molecular complexity index is 1340. The number of carboxylic acid groups (broad SMARTS) is 1. The number of sulfonamides is 1. The third-order valence-electron chi connectivity index (χ3n) is 6.00. The molecule has 1 fully saturated rings. The normalized spacial score (nSPS) is 15.5. The minimum Gasteiger partial charge on any atom is -0.492 e. The Morgan fingerprint density at radius 2 is 1.86 bits per heavy atom. The van der Waals surface area contributed by atoms with Crippen molar-refractivity contribution in [3.8, 4) is 5.75 Å². The number of carbonyl (C=O) groups is 2. The van der Waals surface area contributed by atoms with Gasteiger partial charge in [0.15, 0.2) is 0 Å². The lowest BCUT2D eigenvalue weighted by Gasteiger charge is -2.23. The molecule has 1 amide bonds. The molecule has 1 aromatic heterocycles. The Kier molecular flexibility index (Phi) is 8.29. The van der Waals surface area contributed by atoms with Gasteiger partial charge in [-0.2, -0.15) is 4.72 Å². The number of fused-ring (bicyclic) bond motifs is 1. The van der Waals surface area contributed by atoms with Crippen molar-refractivity contribution in [2.75, 3.05) is 26.2 Å². The highest BCUT2D eigenvalue weighted by atomic mass is 79.9. The molecule has 0 unspecified atom stereocenters. The summed E-state index contributed by atoms with van der Waals surface area (Å²) in [6, 6.07) is 11.1. The standard InChI is InChI=1S/C24H27BrN4O6S/c25-22-17-12-19(28-18(17)6-7-21(22)35-14-15-8-10-26-11-9-15)23(30)27-13-20(24(31)32)29-36(33,34)16-4-2-1-3-5-16/h1-7,12,15,20,26,28-29H,8-11,13-14H2,(H,27,30)(H,31,32)/t20-/m0/s1. The molecule has 10 nitrogen and oxygen atoms in total. The Balaban J connectivity index is 1.41. The van der Waals surface area contributed by atoms with E-state index in [2.05, 4.69) is 36.3 Å². The van der Waals surface area contributed by atoms with Crippen molar-refractivity contribution in [3.63, 3.8) is 0 Å². The van der Waals surface area contributed by atoms with E-state index < -0.39 is 34.5 Å². The molecule has 1 aliphatic rings. The number of hydrogen-bond donors (Lipinski definition) is 5. The second kappa shape index (κ2) is 11.4. The molecule has 4 rings (SSSR count). The van der Waals surface area contributed by atoms with Crippen molar-refractivity contribution in [2.45, 2.75) is 23.8 Å². The Hall–Kier alpha value is -2.93. The summed E-state index contributed by atoms with van der Waals surface area (Å²) in [5, 5.41) is 16.0. The summed E-state index contributed by atoms with van der Waals surface area (Å²) in [5.41, 5.74) is 0.900. The highest BCUT2D eigenvalue weighted by Crippen LogP contribution is 2.34. The van der Waals surface area contributed by atoms with Crippen LogP contribution >= 0.6 is 15.9 Å². The van der Waals surface area contributed by atoms with E-state index in [-0.39, 0.29) is 10.6 Å². The van der Waals surface area contributed by atoms with Crippen molar-refractivity contribution in [3.05, 3.63) is 58.7 Å². The maximum atomic E-state index is 12.7. The van der Waals surface area contributed by atoms with Crippen LogP contribution in [0.3, 0.4) is 0 Å². The van der Waals surface area contributed by atoms with E-state index in [9.17, 15) is 23.1 Å². The summed E-state index contributed by atoms with van der Waals surface area (Å²) in [7, 11) is -4.08. The number of amides is 1. The van der Waals surface area contributed by atoms with Crippen LogP contribution in [0.5, 0.6) is 5.75 Å². The van der Waals surface area contributed by atoms with Gasteiger partial charge in [-0.05, 0) is 78.1 Å². The van der Waals surface area contributed by atoms with Gasteiger partial charge in [0.2, 0.25) is 10.0 Å². The van der Waals surface area contributed by atoms with Crippen LogP contribution in [0.4, 0.5) is 0 Å². The zero-order valence-electron chi connectivity index (χ0n) is 19.3. The minimum atomic E-state index is -4.08. The van der Waals surface area contributed by atoms with Crippen LogP contribution in [0.15, 0.2) is 57.9 Å². The van der Waals surface area contributed by atoms with E-state index in [4.69, 9.17) is 4.74 Å². The second-order valence-electron chi connectivity index (χ2n) is 8.56. The quantitative estimate of drug-likeness (QED) is 0.248. The Labute approximate surface area is 217 Å². The fourth-order valence-corrected chi connectivity index (χ4v) is 5.75. The lowest BCUT2D eigenvalue weighted by molar-refractivity contribution is -0.138. The van der Waals surface area contributed by atoms with Crippen LogP contribution in [0.1, 0.15) is 23.3 Å². The zero-order valence-corrected chi connectivity index (χ0v) is 21.7. The molecule has 0 saturated carbocycles. The maximum absolute atomic E-state index is 12.7. The molecule has 2 heterocycles. The summed E-state index contributed by atoms with van der Waals surface area (Å²) >= 11 is 3.56. The first-order valence-electron chi connectivity index (χ1n) is 11.5. The van der Waals surface area contributed by atoms with E-state index in [0.717, 1.165) is 31.3 Å². The first-order chi connectivity index (χ1) is 17.2. The molecule has 3 aromatic rings. The van der Waals surface area contributed by atoms with Crippen molar-refractivity contribution in [1.82, 2.24) is 20.3 Å². The average molecular weight is 579 g/mol. The average Bonchev–Trinajstić information content (AvgIpc) is 3.32. The second-order valence-corrected chi connectivity index (χ2v) is 11.1. The topological polar surface area (TPSA) is 150 Å². The van der Waals surface area contributed by atoms with Crippen molar-refractivity contribution < 1.29 is 27.9 Å². The minimum absolute atomic E-state index is 0.0683. The number of benzene rings is 2. The summed E-state index contributed by atoms with van der Waals surface area (Å²) in [6.07, 6.45) is 2.13. The van der Waals surface area contributed by atoms with Gasteiger partial charge >= 0.3 is 5.97 Å². The predicted octanol–water partition coefficient (Wildman–Crippen LogP) is 2.47. The van der Waals surface area contributed by atoms with Gasteiger partial charge in [-0.3, -0.25) is 9.59 Å². The summed E-state index contributed by atoms with van der Waals surface area (Å²) < 4.78 is 33.8. The highest BCUT2D eigenvalue weighted by Gasteiger charge is 2.26. The number of piperidine rings is 1. The number of carbonyl (C=O) groups excluding carboxylic acids is 1. The number of H-pyrrole nitrogens is 1. The fourth-order valence-electron chi connectivity index (χ4n) is 3.96. The molecule has 36 heavy (non-hydrogen) atoms. The number of nitrogens with one attached hydrogen (secondary N) is 4. The molecule has 1 atom stereocenters. The molecule has 5 N–H and O–H groups in total. The van der Waals surface area contributed by atoms with Gasteiger partial charge in [0.1, 0.15) is 17.5 Å². The largest absolute Gasteiger partial charge is 0.492 e. The zero-order chi connectivity index (χ0) is 25.7. The van der Waals surface area contributed by atoms with Crippen molar-refractivity contribution in [1.29, 1.82) is 0 Å². The van der Waals surface area contributed by atoms with E-state index in [1.807, 2.05) is 12.1 Å². The van der Waals surface area contributed by atoms with Gasteiger partial charge in [0.05, 0.1) is 16.0 Å². The number of halogens is 1. The molecule has 0 spiro atoms. The summed E-state index contributed by atoms with van der Waals surface area (Å²) in [6.45, 7) is 2.14. The molecule has 12 heteroatoms. The Morgan fingerprint density at radius 3 is 2.56 bits per heavy atom. The lowest BCUT2D eigenvalue weighted by atomic mass is 9.99. The third kappa shape index (κ3) is 6.25. The predicted molar refractivity (Wildman–Crippen MR) is 138 cm³/mol. The van der Waals surface area contributed by atoms with E-state index in [1.165, 1.54) is 24.3 Å². The summed E-state index contributed by atoms with van der Waals surface area (Å²) in [5.74, 6) is -0.818. The van der Waals surface area contributed by atoms with Gasteiger partial charge in [0.25, 0.3) is 5.91 Å². The number of hydrogen-bond acceptors (Lipinski definition) is 6. The van der Waals surface area contributed by atoms with Crippen LogP contribution in [-0.2, 0) is 14.8 Å². The highest BCUT2D eigenvalue weighted by molar-refractivity contribution is 9.10. The van der Waals surface area contributed by atoms with Gasteiger partial charge in [-0.15, -0.1) is 0 Å². The SMILES string of the molecule is O=C(NC[C@H](NS(=O)(=O)c1ccccc1)C(=O)O)c1cc2c(Br)c(OCC3CCNCC3)ccc2[nH]1. The number of aromatic amines is 1. The molecule has 192 valence electrons. The number of ether oxygens (including phenoxy) is 1. The number of rotatable bonds is 10. The molecular formula is C24H27BrN4O6S. The number of carboxylic acids is 1.